The molecule has 0 saturated carbocycles. The van der Waals surface area contributed by atoms with Gasteiger partial charge in [0.15, 0.2) is 0 Å². The SMILES string of the molecule is CN1CCN(C(=O)C2CCN(c3ncccc3-c3nc(-c4cccc(Cl)c4)no3)CC2)CC1. The summed E-state index contributed by atoms with van der Waals surface area (Å²) in [6.45, 7) is 5.08. The van der Waals surface area contributed by atoms with Gasteiger partial charge in [-0.1, -0.05) is 28.9 Å². The predicted molar refractivity (Wildman–Crippen MR) is 127 cm³/mol. The Morgan fingerprint density at radius 2 is 1.85 bits per heavy atom. The second-order valence-electron chi connectivity index (χ2n) is 8.70. The number of piperidine rings is 1. The van der Waals surface area contributed by atoms with E-state index in [1.54, 1.807) is 6.20 Å². The van der Waals surface area contributed by atoms with Gasteiger partial charge >= 0.3 is 0 Å². The van der Waals surface area contributed by atoms with Crippen molar-refractivity contribution in [2.75, 3.05) is 51.2 Å². The van der Waals surface area contributed by atoms with Gasteiger partial charge in [0.1, 0.15) is 5.82 Å². The molecule has 172 valence electrons. The van der Waals surface area contributed by atoms with Gasteiger partial charge in [0, 0.05) is 62.0 Å². The quantitative estimate of drug-likeness (QED) is 0.582. The molecular formula is C24H27ClN6O2. The first-order valence-electron chi connectivity index (χ1n) is 11.4. The Hall–Kier alpha value is -2.97. The lowest BCUT2D eigenvalue weighted by Crippen LogP contribution is -2.50. The monoisotopic (exact) mass is 466 g/mol. The maximum absolute atomic E-state index is 13.0. The van der Waals surface area contributed by atoms with E-state index >= 15 is 0 Å². The third-order valence-electron chi connectivity index (χ3n) is 6.48. The van der Waals surface area contributed by atoms with Gasteiger partial charge in [0.25, 0.3) is 5.89 Å². The number of amides is 1. The van der Waals surface area contributed by atoms with Crippen LogP contribution in [0.4, 0.5) is 5.82 Å². The smallest absolute Gasteiger partial charge is 0.261 e. The summed E-state index contributed by atoms with van der Waals surface area (Å²) in [5, 5.41) is 4.76. The van der Waals surface area contributed by atoms with Crippen molar-refractivity contribution in [3.05, 3.63) is 47.6 Å². The zero-order valence-electron chi connectivity index (χ0n) is 18.7. The van der Waals surface area contributed by atoms with Crippen LogP contribution in [0.5, 0.6) is 0 Å². The average Bonchev–Trinajstić information content (AvgIpc) is 3.35. The fraction of sp³-hybridized carbons (Fsp3) is 0.417. The minimum absolute atomic E-state index is 0.0784. The Labute approximate surface area is 198 Å². The predicted octanol–water partition coefficient (Wildman–Crippen LogP) is 3.44. The van der Waals surface area contributed by atoms with Gasteiger partial charge in [-0.25, -0.2) is 4.98 Å². The molecule has 2 saturated heterocycles. The molecule has 8 nitrogen and oxygen atoms in total. The van der Waals surface area contributed by atoms with Crippen LogP contribution < -0.4 is 4.90 Å². The van der Waals surface area contributed by atoms with Gasteiger partial charge in [-0.3, -0.25) is 4.79 Å². The van der Waals surface area contributed by atoms with Crippen LogP contribution in [-0.4, -0.2) is 77.1 Å². The molecule has 0 radical (unpaired) electrons. The molecule has 0 spiro atoms. The highest BCUT2D eigenvalue weighted by Gasteiger charge is 2.31. The molecule has 9 heteroatoms. The standard InChI is InChI=1S/C24H27ClN6O2/c1-29-12-14-31(15-13-29)24(32)17-7-10-30(11-8-17)22-20(6-3-9-26-22)23-27-21(28-33-23)18-4-2-5-19(25)16-18/h2-6,9,16-17H,7-8,10-15H2,1H3. The van der Waals surface area contributed by atoms with Crippen molar-refractivity contribution in [2.45, 2.75) is 12.8 Å². The molecule has 3 aromatic rings. The molecule has 1 aromatic carbocycles. The normalized spacial score (nSPS) is 18.0. The van der Waals surface area contributed by atoms with Gasteiger partial charge in [0.05, 0.1) is 5.56 Å². The zero-order chi connectivity index (χ0) is 22.8. The summed E-state index contributed by atoms with van der Waals surface area (Å²) >= 11 is 6.10. The number of hydrogen-bond donors (Lipinski definition) is 0. The molecule has 1 amide bonds. The Kier molecular flexibility index (Phi) is 6.28. The van der Waals surface area contributed by atoms with Crippen molar-refractivity contribution >= 4 is 23.3 Å². The van der Waals surface area contributed by atoms with E-state index in [0.717, 1.165) is 69.1 Å². The highest BCUT2D eigenvalue weighted by Crippen LogP contribution is 2.32. The number of anilines is 1. The van der Waals surface area contributed by atoms with E-state index in [1.165, 1.54) is 0 Å². The van der Waals surface area contributed by atoms with Crippen molar-refractivity contribution in [2.24, 2.45) is 5.92 Å². The Bertz CT molecular complexity index is 1120. The van der Waals surface area contributed by atoms with Crippen LogP contribution in [0, 0.1) is 5.92 Å². The van der Waals surface area contributed by atoms with Gasteiger partial charge < -0.3 is 19.2 Å². The number of rotatable bonds is 4. The summed E-state index contributed by atoms with van der Waals surface area (Å²) in [4.78, 5) is 28.7. The Morgan fingerprint density at radius 1 is 1.06 bits per heavy atom. The summed E-state index contributed by atoms with van der Waals surface area (Å²) in [6, 6.07) is 11.2. The van der Waals surface area contributed by atoms with Crippen molar-refractivity contribution in [3.63, 3.8) is 0 Å². The first kappa shape index (κ1) is 21.9. The molecule has 33 heavy (non-hydrogen) atoms. The lowest BCUT2D eigenvalue weighted by molar-refractivity contribution is -0.137. The largest absolute Gasteiger partial charge is 0.356 e. The Morgan fingerprint density at radius 3 is 2.61 bits per heavy atom. The number of carbonyl (C=O) groups excluding carboxylic acids is 1. The summed E-state index contributed by atoms with van der Waals surface area (Å²) in [7, 11) is 2.10. The maximum atomic E-state index is 13.0. The molecule has 2 aliphatic rings. The fourth-order valence-electron chi connectivity index (χ4n) is 4.52. The van der Waals surface area contributed by atoms with Crippen molar-refractivity contribution in [3.8, 4) is 22.8 Å². The average molecular weight is 467 g/mol. The number of halogens is 1. The van der Waals surface area contributed by atoms with Crippen molar-refractivity contribution in [1.29, 1.82) is 0 Å². The number of nitrogens with zero attached hydrogens (tertiary/aromatic N) is 6. The molecule has 2 fully saturated rings. The minimum atomic E-state index is 0.0784. The fourth-order valence-corrected chi connectivity index (χ4v) is 4.71. The highest BCUT2D eigenvalue weighted by molar-refractivity contribution is 6.30. The van der Waals surface area contributed by atoms with Crippen LogP contribution in [-0.2, 0) is 4.79 Å². The van der Waals surface area contributed by atoms with Gasteiger partial charge in [0.2, 0.25) is 11.7 Å². The van der Waals surface area contributed by atoms with Gasteiger partial charge in [-0.15, -0.1) is 0 Å². The van der Waals surface area contributed by atoms with Crippen molar-refractivity contribution < 1.29 is 9.32 Å². The highest BCUT2D eigenvalue weighted by atomic mass is 35.5. The van der Waals surface area contributed by atoms with Crippen LogP contribution in [0.15, 0.2) is 47.1 Å². The van der Waals surface area contributed by atoms with Crippen LogP contribution in [0.2, 0.25) is 5.02 Å². The lowest BCUT2D eigenvalue weighted by Gasteiger charge is -2.38. The first-order chi connectivity index (χ1) is 16.1. The lowest BCUT2D eigenvalue weighted by atomic mass is 9.94. The number of pyridine rings is 1. The van der Waals surface area contributed by atoms with Crippen LogP contribution in [0.1, 0.15) is 12.8 Å². The molecule has 0 unspecified atom stereocenters. The molecule has 2 aromatic heterocycles. The number of carbonyl (C=O) groups is 1. The van der Waals surface area contributed by atoms with Crippen LogP contribution in [0.25, 0.3) is 22.8 Å². The molecule has 2 aliphatic heterocycles. The van der Waals surface area contributed by atoms with E-state index in [4.69, 9.17) is 16.1 Å². The summed E-state index contributed by atoms with van der Waals surface area (Å²) in [5.74, 6) is 2.09. The molecule has 0 N–H and O–H groups in total. The molecule has 0 atom stereocenters. The summed E-state index contributed by atoms with van der Waals surface area (Å²) < 4.78 is 5.59. The van der Waals surface area contributed by atoms with E-state index in [0.29, 0.717) is 22.6 Å². The second kappa shape index (κ2) is 9.49. The first-order valence-corrected chi connectivity index (χ1v) is 11.7. The van der Waals surface area contributed by atoms with E-state index in [-0.39, 0.29) is 5.92 Å². The van der Waals surface area contributed by atoms with Crippen molar-refractivity contribution in [1.82, 2.24) is 24.9 Å². The number of aromatic nitrogens is 3. The summed E-state index contributed by atoms with van der Waals surface area (Å²) in [5.41, 5.74) is 1.59. The van der Waals surface area contributed by atoms with Crippen LogP contribution >= 0.6 is 11.6 Å². The van der Waals surface area contributed by atoms with E-state index < -0.39 is 0 Å². The molecule has 4 heterocycles. The van der Waals surface area contributed by atoms with E-state index in [1.807, 2.05) is 41.3 Å². The Balaban J connectivity index is 1.29. The molecule has 0 bridgehead atoms. The molecular weight excluding hydrogens is 440 g/mol. The summed E-state index contributed by atoms with van der Waals surface area (Å²) in [6.07, 6.45) is 3.41. The van der Waals surface area contributed by atoms with E-state index in [2.05, 4.69) is 32.0 Å². The second-order valence-corrected chi connectivity index (χ2v) is 9.13. The number of benzene rings is 1. The third-order valence-corrected chi connectivity index (χ3v) is 6.72. The van der Waals surface area contributed by atoms with E-state index in [9.17, 15) is 4.79 Å². The minimum Gasteiger partial charge on any atom is -0.356 e. The third kappa shape index (κ3) is 4.72. The maximum Gasteiger partial charge on any atom is 0.261 e. The van der Waals surface area contributed by atoms with Gasteiger partial charge in [-0.2, -0.15) is 4.98 Å². The van der Waals surface area contributed by atoms with Gasteiger partial charge in [-0.05, 0) is 44.2 Å². The molecule has 5 rings (SSSR count). The number of likely N-dealkylation sites (N-methyl/N-ethyl adjacent to an activating group) is 1. The number of hydrogen-bond acceptors (Lipinski definition) is 7. The number of piperazine rings is 1. The zero-order valence-corrected chi connectivity index (χ0v) is 19.4. The topological polar surface area (TPSA) is 78.6 Å². The molecule has 0 aliphatic carbocycles. The van der Waals surface area contributed by atoms with Crippen LogP contribution in [0.3, 0.4) is 0 Å².